The van der Waals surface area contributed by atoms with E-state index in [4.69, 9.17) is 0 Å². The molecule has 0 atom stereocenters. The minimum absolute atomic E-state index is 1.04. The number of para-hydroxylation sites is 2. The fraction of sp³-hybridized carbons (Fsp3) is 0. The first-order chi connectivity index (χ1) is 11.4. The highest BCUT2D eigenvalue weighted by atomic mass is 15.3. The monoisotopic (exact) mass is 299 g/mol. The second-order valence-electron chi connectivity index (χ2n) is 5.43. The van der Waals surface area contributed by atoms with E-state index in [0.717, 1.165) is 22.4 Å². The van der Waals surface area contributed by atoms with Gasteiger partial charge in [-0.2, -0.15) is 10.2 Å². The van der Waals surface area contributed by atoms with Gasteiger partial charge in [0.25, 0.3) is 0 Å². The molecule has 5 aromatic rings. The van der Waals surface area contributed by atoms with Gasteiger partial charge in [-0.3, -0.25) is 0 Å². The van der Waals surface area contributed by atoms with Crippen LogP contribution in [0.3, 0.4) is 0 Å². The number of aromatic amines is 1. The number of nitrogens with one attached hydrogen (secondary N) is 1. The summed E-state index contributed by atoms with van der Waals surface area (Å²) in [5.74, 6) is 0. The van der Waals surface area contributed by atoms with Gasteiger partial charge >= 0.3 is 0 Å². The third kappa shape index (κ3) is 1.73. The Morgan fingerprint density at radius 1 is 0.652 bits per heavy atom. The molecule has 0 aliphatic carbocycles. The summed E-state index contributed by atoms with van der Waals surface area (Å²) >= 11 is 0. The minimum atomic E-state index is 1.04. The molecule has 1 N–H and O–H groups in total. The molecule has 3 aromatic heterocycles. The lowest BCUT2D eigenvalue weighted by molar-refractivity contribution is 0.882. The third-order valence-corrected chi connectivity index (χ3v) is 4.13. The van der Waals surface area contributed by atoms with Crippen LogP contribution in [0.1, 0.15) is 0 Å². The second-order valence-corrected chi connectivity index (χ2v) is 5.43. The van der Waals surface area contributed by atoms with Crippen molar-refractivity contribution in [1.82, 2.24) is 24.5 Å². The Hall–Kier alpha value is -3.34. The predicted octanol–water partition coefficient (Wildman–Crippen LogP) is 3.69. The highest BCUT2D eigenvalue weighted by Crippen LogP contribution is 2.32. The zero-order chi connectivity index (χ0) is 15.2. The SMILES string of the molecule is c1cc(-n2cccn2)c2[nH]c3c(-n4cccn4)cccc3c2c1. The first-order valence-electron chi connectivity index (χ1n) is 7.45. The molecule has 110 valence electrons. The van der Waals surface area contributed by atoms with Gasteiger partial charge in [0.2, 0.25) is 0 Å². The van der Waals surface area contributed by atoms with Crippen LogP contribution in [0.5, 0.6) is 0 Å². The van der Waals surface area contributed by atoms with Gasteiger partial charge < -0.3 is 4.98 Å². The lowest BCUT2D eigenvalue weighted by Crippen LogP contribution is -1.95. The third-order valence-electron chi connectivity index (χ3n) is 4.13. The molecule has 2 aromatic carbocycles. The summed E-state index contributed by atoms with van der Waals surface area (Å²) in [7, 11) is 0. The molecule has 0 bridgehead atoms. The maximum absolute atomic E-state index is 4.36. The molecule has 0 saturated heterocycles. The van der Waals surface area contributed by atoms with Crippen LogP contribution in [-0.2, 0) is 0 Å². The van der Waals surface area contributed by atoms with E-state index in [1.165, 1.54) is 10.8 Å². The van der Waals surface area contributed by atoms with Crippen molar-refractivity contribution in [1.29, 1.82) is 0 Å². The van der Waals surface area contributed by atoms with Gasteiger partial charge in [0.05, 0.1) is 22.4 Å². The smallest absolute Gasteiger partial charge is 0.0886 e. The molecular formula is C18H13N5. The molecule has 0 aliphatic rings. The van der Waals surface area contributed by atoms with Crippen molar-refractivity contribution in [3.8, 4) is 11.4 Å². The van der Waals surface area contributed by atoms with Crippen LogP contribution in [0.25, 0.3) is 33.2 Å². The second kappa shape index (κ2) is 4.58. The van der Waals surface area contributed by atoms with Crippen molar-refractivity contribution in [2.24, 2.45) is 0 Å². The molecule has 0 unspecified atom stereocenters. The molecule has 0 fully saturated rings. The fourth-order valence-corrected chi connectivity index (χ4v) is 3.12. The topological polar surface area (TPSA) is 51.4 Å². The maximum Gasteiger partial charge on any atom is 0.0886 e. The van der Waals surface area contributed by atoms with E-state index in [0.29, 0.717) is 0 Å². The molecule has 0 aliphatic heterocycles. The zero-order valence-electron chi connectivity index (χ0n) is 12.2. The first-order valence-corrected chi connectivity index (χ1v) is 7.45. The Bertz CT molecular complexity index is 1010. The first kappa shape index (κ1) is 12.2. The Balaban J connectivity index is 1.89. The van der Waals surface area contributed by atoms with Crippen molar-refractivity contribution in [2.45, 2.75) is 0 Å². The van der Waals surface area contributed by atoms with Gasteiger partial charge in [-0.1, -0.05) is 24.3 Å². The molecule has 3 heterocycles. The van der Waals surface area contributed by atoms with E-state index < -0.39 is 0 Å². The van der Waals surface area contributed by atoms with E-state index in [9.17, 15) is 0 Å². The summed E-state index contributed by atoms with van der Waals surface area (Å²) in [6.07, 6.45) is 7.48. The quantitative estimate of drug-likeness (QED) is 0.540. The normalized spacial score (nSPS) is 11.5. The molecule has 0 spiro atoms. The summed E-state index contributed by atoms with van der Waals surface area (Å²) < 4.78 is 3.76. The van der Waals surface area contributed by atoms with Crippen LogP contribution in [0.4, 0.5) is 0 Å². The molecule has 0 amide bonds. The van der Waals surface area contributed by atoms with Crippen molar-refractivity contribution in [3.05, 3.63) is 73.3 Å². The van der Waals surface area contributed by atoms with Gasteiger partial charge in [-0.05, 0) is 24.3 Å². The summed E-state index contributed by atoms with van der Waals surface area (Å²) in [6, 6.07) is 16.4. The van der Waals surface area contributed by atoms with Crippen molar-refractivity contribution in [2.75, 3.05) is 0 Å². The average Bonchev–Trinajstić information content (AvgIpc) is 3.33. The van der Waals surface area contributed by atoms with Crippen LogP contribution in [0.15, 0.2) is 73.3 Å². The molecule has 23 heavy (non-hydrogen) atoms. The number of aromatic nitrogens is 5. The maximum atomic E-state index is 4.36. The fourth-order valence-electron chi connectivity index (χ4n) is 3.12. The van der Waals surface area contributed by atoms with Gasteiger partial charge in [0.15, 0.2) is 0 Å². The molecular weight excluding hydrogens is 286 g/mol. The highest BCUT2D eigenvalue weighted by Gasteiger charge is 2.12. The Kier molecular flexibility index (Phi) is 2.43. The van der Waals surface area contributed by atoms with Crippen molar-refractivity contribution < 1.29 is 0 Å². The van der Waals surface area contributed by atoms with Crippen molar-refractivity contribution >= 4 is 21.8 Å². The largest absolute Gasteiger partial charge is 0.351 e. The average molecular weight is 299 g/mol. The molecule has 0 radical (unpaired) electrons. The van der Waals surface area contributed by atoms with Crippen LogP contribution in [0, 0.1) is 0 Å². The highest BCUT2D eigenvalue weighted by molar-refractivity contribution is 6.11. The predicted molar refractivity (Wildman–Crippen MR) is 90.0 cm³/mol. The Labute approximate surface area is 131 Å². The van der Waals surface area contributed by atoms with Crippen molar-refractivity contribution in [3.63, 3.8) is 0 Å². The van der Waals surface area contributed by atoms with E-state index >= 15 is 0 Å². The lowest BCUT2D eigenvalue weighted by Gasteiger charge is -2.02. The van der Waals surface area contributed by atoms with Gasteiger partial charge in [-0.15, -0.1) is 0 Å². The summed E-state index contributed by atoms with van der Waals surface area (Å²) in [5, 5.41) is 11.1. The van der Waals surface area contributed by atoms with E-state index in [1.807, 2.05) is 33.9 Å². The minimum Gasteiger partial charge on any atom is -0.351 e. The molecule has 5 rings (SSSR count). The summed E-state index contributed by atoms with van der Waals surface area (Å²) in [5.41, 5.74) is 4.22. The number of benzene rings is 2. The van der Waals surface area contributed by atoms with Crippen LogP contribution in [-0.4, -0.2) is 24.5 Å². The number of fused-ring (bicyclic) bond motifs is 3. The lowest BCUT2D eigenvalue weighted by atomic mass is 10.1. The summed E-state index contributed by atoms with van der Waals surface area (Å²) in [6.45, 7) is 0. The molecule has 5 nitrogen and oxygen atoms in total. The standard InChI is InChI=1S/C18H13N5/c1-5-13-14-6-2-8-16(23-12-4-10-20-23)18(14)21-17(13)15(7-1)22-11-3-9-19-22/h1-12,21H. The van der Waals surface area contributed by atoms with Gasteiger partial charge in [0, 0.05) is 35.6 Å². The van der Waals surface area contributed by atoms with Crippen LogP contribution < -0.4 is 0 Å². The van der Waals surface area contributed by atoms with Gasteiger partial charge in [-0.25, -0.2) is 9.36 Å². The van der Waals surface area contributed by atoms with Gasteiger partial charge in [0.1, 0.15) is 0 Å². The molecule has 0 saturated carbocycles. The van der Waals surface area contributed by atoms with E-state index in [2.05, 4.69) is 51.6 Å². The Morgan fingerprint density at radius 2 is 1.17 bits per heavy atom. The number of H-pyrrole nitrogens is 1. The van der Waals surface area contributed by atoms with Crippen LogP contribution >= 0.6 is 0 Å². The Morgan fingerprint density at radius 3 is 1.61 bits per heavy atom. The number of nitrogens with zero attached hydrogens (tertiary/aromatic N) is 4. The summed E-state index contributed by atoms with van der Waals surface area (Å²) in [4.78, 5) is 3.57. The number of rotatable bonds is 2. The number of hydrogen-bond donors (Lipinski definition) is 1. The van der Waals surface area contributed by atoms with E-state index in [-0.39, 0.29) is 0 Å². The van der Waals surface area contributed by atoms with E-state index in [1.54, 1.807) is 12.4 Å². The zero-order valence-corrected chi connectivity index (χ0v) is 12.2. The number of hydrogen-bond acceptors (Lipinski definition) is 2. The van der Waals surface area contributed by atoms with Crippen LogP contribution in [0.2, 0.25) is 0 Å². The molecule has 5 heteroatoms.